The van der Waals surface area contributed by atoms with Gasteiger partial charge in [0.15, 0.2) is 6.10 Å². The monoisotopic (exact) mass is 262 g/mol. The summed E-state index contributed by atoms with van der Waals surface area (Å²) in [6, 6.07) is 5.72. The Morgan fingerprint density at radius 2 is 2.26 bits per heavy atom. The van der Waals surface area contributed by atoms with E-state index in [2.05, 4.69) is 0 Å². The molecule has 19 heavy (non-hydrogen) atoms. The molecule has 0 radical (unpaired) electrons. The number of rotatable bonds is 1. The summed E-state index contributed by atoms with van der Waals surface area (Å²) in [7, 11) is 0. The molecule has 3 rings (SSSR count). The van der Waals surface area contributed by atoms with Crippen LogP contribution in [0.15, 0.2) is 18.2 Å². The molecule has 0 saturated carbocycles. The van der Waals surface area contributed by atoms with Crippen molar-refractivity contribution in [1.82, 2.24) is 0 Å². The zero-order chi connectivity index (χ0) is 13.2. The molecular formula is C14H18N2O3. The number of nitrogens with zero attached hydrogens (tertiary/aromatic N) is 1. The van der Waals surface area contributed by atoms with Gasteiger partial charge in [0.2, 0.25) is 0 Å². The number of ether oxygens (including phenoxy) is 2. The number of carbonyl (C=O) groups excluding carboxylic acids is 1. The summed E-state index contributed by atoms with van der Waals surface area (Å²) in [5, 5.41) is 0. The van der Waals surface area contributed by atoms with Crippen molar-refractivity contribution in [2.45, 2.75) is 18.9 Å². The first-order valence-electron chi connectivity index (χ1n) is 6.65. The van der Waals surface area contributed by atoms with E-state index in [1.54, 1.807) is 4.90 Å². The number of nitrogen functional groups attached to an aromatic ring is 1. The van der Waals surface area contributed by atoms with Crippen LogP contribution in [0.1, 0.15) is 12.0 Å². The van der Waals surface area contributed by atoms with Crippen LogP contribution in [0, 0.1) is 0 Å². The van der Waals surface area contributed by atoms with Crippen LogP contribution < -0.4 is 10.6 Å². The van der Waals surface area contributed by atoms with Crippen LogP contribution in [0.25, 0.3) is 0 Å². The molecule has 1 saturated heterocycles. The van der Waals surface area contributed by atoms with Crippen molar-refractivity contribution >= 4 is 17.3 Å². The van der Waals surface area contributed by atoms with Gasteiger partial charge in [0.05, 0.1) is 19.8 Å². The number of carbonyl (C=O) groups is 1. The number of anilines is 2. The van der Waals surface area contributed by atoms with E-state index in [4.69, 9.17) is 15.2 Å². The van der Waals surface area contributed by atoms with E-state index in [-0.39, 0.29) is 5.91 Å². The van der Waals surface area contributed by atoms with Gasteiger partial charge < -0.3 is 20.1 Å². The highest BCUT2D eigenvalue weighted by atomic mass is 16.6. The van der Waals surface area contributed by atoms with Gasteiger partial charge in [-0.3, -0.25) is 4.79 Å². The minimum absolute atomic E-state index is 0.0220. The Morgan fingerprint density at radius 3 is 3.05 bits per heavy atom. The second-order valence-corrected chi connectivity index (χ2v) is 4.87. The van der Waals surface area contributed by atoms with Crippen LogP contribution in [-0.4, -0.2) is 38.4 Å². The highest BCUT2D eigenvalue weighted by Crippen LogP contribution is 2.31. The molecule has 2 aliphatic heterocycles. The molecule has 5 heteroatoms. The number of amides is 1. The predicted molar refractivity (Wildman–Crippen MR) is 72.1 cm³/mol. The topological polar surface area (TPSA) is 64.8 Å². The van der Waals surface area contributed by atoms with Crippen LogP contribution in [0.2, 0.25) is 0 Å². The normalized spacial score (nSPS) is 22.9. The van der Waals surface area contributed by atoms with E-state index in [9.17, 15) is 4.79 Å². The summed E-state index contributed by atoms with van der Waals surface area (Å²) >= 11 is 0. The Bertz CT molecular complexity index is 484. The van der Waals surface area contributed by atoms with E-state index in [1.807, 2.05) is 18.2 Å². The van der Waals surface area contributed by atoms with Crippen molar-refractivity contribution in [2.24, 2.45) is 0 Å². The third-order valence-electron chi connectivity index (χ3n) is 3.64. The quantitative estimate of drug-likeness (QED) is 0.766. The van der Waals surface area contributed by atoms with E-state index in [0.29, 0.717) is 19.8 Å². The highest BCUT2D eigenvalue weighted by molar-refractivity contribution is 5.98. The molecule has 2 aliphatic rings. The van der Waals surface area contributed by atoms with Crippen molar-refractivity contribution in [3.8, 4) is 0 Å². The molecule has 5 nitrogen and oxygen atoms in total. The van der Waals surface area contributed by atoms with Gasteiger partial charge in [0.25, 0.3) is 5.91 Å². The minimum atomic E-state index is -0.485. The Kier molecular flexibility index (Phi) is 3.40. The molecule has 0 spiro atoms. The van der Waals surface area contributed by atoms with Crippen molar-refractivity contribution in [1.29, 1.82) is 0 Å². The summed E-state index contributed by atoms with van der Waals surface area (Å²) in [5.41, 5.74) is 8.74. The molecule has 1 aromatic rings. The van der Waals surface area contributed by atoms with Crippen molar-refractivity contribution in [3.63, 3.8) is 0 Å². The molecule has 1 unspecified atom stereocenters. The van der Waals surface area contributed by atoms with Gasteiger partial charge in [-0.05, 0) is 30.5 Å². The third kappa shape index (κ3) is 2.31. The van der Waals surface area contributed by atoms with Gasteiger partial charge >= 0.3 is 0 Å². The molecule has 1 aromatic carbocycles. The lowest BCUT2D eigenvalue weighted by Crippen LogP contribution is -2.47. The Labute approximate surface area is 112 Å². The summed E-state index contributed by atoms with van der Waals surface area (Å²) in [4.78, 5) is 14.3. The third-order valence-corrected chi connectivity index (χ3v) is 3.64. The predicted octanol–water partition coefficient (Wildman–Crippen LogP) is 0.963. The van der Waals surface area contributed by atoms with Crippen LogP contribution >= 0.6 is 0 Å². The van der Waals surface area contributed by atoms with Crippen molar-refractivity contribution in [3.05, 3.63) is 23.8 Å². The lowest BCUT2D eigenvalue weighted by Gasteiger charge is -2.33. The Balaban J connectivity index is 1.86. The maximum Gasteiger partial charge on any atom is 0.258 e. The van der Waals surface area contributed by atoms with Gasteiger partial charge in [-0.1, -0.05) is 6.07 Å². The average molecular weight is 262 g/mol. The fraction of sp³-hybridized carbons (Fsp3) is 0.500. The maximum atomic E-state index is 12.5. The van der Waals surface area contributed by atoms with Gasteiger partial charge in [-0.15, -0.1) is 0 Å². The first-order valence-corrected chi connectivity index (χ1v) is 6.65. The number of fused-ring (bicyclic) bond motifs is 1. The van der Waals surface area contributed by atoms with Gasteiger partial charge in [0.1, 0.15) is 0 Å². The average Bonchev–Trinajstić information content (AvgIpc) is 2.47. The molecule has 1 fully saturated rings. The van der Waals surface area contributed by atoms with Crippen LogP contribution in [0.4, 0.5) is 11.4 Å². The lowest BCUT2D eigenvalue weighted by atomic mass is 9.99. The minimum Gasteiger partial charge on any atom is -0.398 e. The van der Waals surface area contributed by atoms with Crippen LogP contribution in [0.3, 0.4) is 0 Å². The second-order valence-electron chi connectivity index (χ2n) is 4.87. The molecule has 0 aromatic heterocycles. The van der Waals surface area contributed by atoms with Crippen LogP contribution in [-0.2, 0) is 20.7 Å². The van der Waals surface area contributed by atoms with Gasteiger partial charge in [0, 0.05) is 17.9 Å². The largest absolute Gasteiger partial charge is 0.398 e. The number of hydrogen-bond donors (Lipinski definition) is 1. The number of hydrogen-bond acceptors (Lipinski definition) is 4. The second kappa shape index (κ2) is 5.19. The van der Waals surface area contributed by atoms with Crippen molar-refractivity contribution in [2.75, 3.05) is 37.0 Å². The molecule has 102 valence electrons. The van der Waals surface area contributed by atoms with Crippen LogP contribution in [0.5, 0.6) is 0 Å². The first-order chi connectivity index (χ1) is 9.27. The zero-order valence-corrected chi connectivity index (χ0v) is 10.8. The van der Waals surface area contributed by atoms with E-state index < -0.39 is 6.10 Å². The standard InChI is InChI=1S/C14H18N2O3/c15-11-4-1-5-12-10(11)3-2-6-16(12)14(17)13-9-18-7-8-19-13/h1,4-5,13H,2-3,6-9,15H2. The molecule has 2 heterocycles. The van der Waals surface area contributed by atoms with E-state index >= 15 is 0 Å². The highest BCUT2D eigenvalue weighted by Gasteiger charge is 2.31. The van der Waals surface area contributed by atoms with Crippen molar-refractivity contribution < 1.29 is 14.3 Å². The molecule has 0 aliphatic carbocycles. The maximum absolute atomic E-state index is 12.5. The van der Waals surface area contributed by atoms with E-state index in [1.165, 1.54) is 0 Å². The summed E-state index contributed by atoms with van der Waals surface area (Å²) in [6.07, 6.45) is 1.37. The fourth-order valence-electron chi connectivity index (χ4n) is 2.68. The molecular weight excluding hydrogens is 244 g/mol. The molecule has 1 atom stereocenters. The summed E-state index contributed by atoms with van der Waals surface area (Å²) in [6.45, 7) is 2.10. The lowest BCUT2D eigenvalue weighted by molar-refractivity contribution is -0.144. The SMILES string of the molecule is Nc1cccc2c1CCCN2C(=O)C1COCCO1. The summed E-state index contributed by atoms with van der Waals surface area (Å²) in [5.74, 6) is -0.0220. The Hall–Kier alpha value is -1.59. The molecule has 2 N–H and O–H groups in total. The van der Waals surface area contributed by atoms with Gasteiger partial charge in [-0.25, -0.2) is 0 Å². The first kappa shape index (κ1) is 12.4. The molecule has 0 bridgehead atoms. The van der Waals surface area contributed by atoms with Gasteiger partial charge in [-0.2, -0.15) is 0 Å². The Morgan fingerprint density at radius 1 is 1.37 bits per heavy atom. The molecule has 1 amide bonds. The van der Waals surface area contributed by atoms with E-state index in [0.717, 1.165) is 36.3 Å². The fourth-order valence-corrected chi connectivity index (χ4v) is 2.68. The number of nitrogens with two attached hydrogens (primary N) is 1. The number of benzene rings is 1. The summed E-state index contributed by atoms with van der Waals surface area (Å²) < 4.78 is 10.8. The smallest absolute Gasteiger partial charge is 0.258 e. The zero-order valence-electron chi connectivity index (χ0n) is 10.8.